The molecular formula is C11H19S. The van der Waals surface area contributed by atoms with Gasteiger partial charge >= 0.3 is 0 Å². The Kier molecular flexibility index (Phi) is 10.8. The maximum Gasteiger partial charge on any atom is 0.00886 e. The third-order valence-corrected chi connectivity index (χ3v) is 2.27. The average molecular weight is 183 g/mol. The van der Waals surface area contributed by atoms with Gasteiger partial charge in [0, 0.05) is 12.8 Å². The van der Waals surface area contributed by atoms with Gasteiger partial charge in [0.25, 0.3) is 0 Å². The highest BCUT2D eigenvalue weighted by Gasteiger charge is 1.85. The van der Waals surface area contributed by atoms with E-state index in [9.17, 15) is 0 Å². The van der Waals surface area contributed by atoms with Crippen LogP contribution in [0.2, 0.25) is 0 Å². The van der Waals surface area contributed by atoms with Gasteiger partial charge in [-0.1, -0.05) is 13.3 Å². The Bertz CT molecular complexity index is 130. The molecule has 0 aromatic carbocycles. The maximum atomic E-state index is 3.74. The predicted molar refractivity (Wildman–Crippen MR) is 59.2 cm³/mol. The number of unbranched alkanes of at least 4 members (excludes halogenated alkanes) is 4. The van der Waals surface area contributed by atoms with Gasteiger partial charge in [-0.05, 0) is 31.3 Å². The number of thioether (sulfide) groups is 1. The number of rotatable bonds is 6. The van der Waals surface area contributed by atoms with Crippen LogP contribution in [-0.2, 0) is 0 Å². The molecule has 0 atom stereocenters. The molecule has 1 heteroatoms. The predicted octanol–water partition coefficient (Wildman–Crippen LogP) is 3.53. The molecule has 0 rings (SSSR count). The smallest absolute Gasteiger partial charge is 0.00886 e. The molecule has 0 aromatic rings. The second-order valence-electron chi connectivity index (χ2n) is 2.76. The SMILES string of the molecule is [CH2]CCC#CCCCCCSC. The highest BCUT2D eigenvalue weighted by atomic mass is 32.2. The monoisotopic (exact) mass is 183 g/mol. The van der Waals surface area contributed by atoms with E-state index in [1.54, 1.807) is 0 Å². The molecule has 0 aliphatic carbocycles. The lowest BCUT2D eigenvalue weighted by molar-refractivity contribution is 0.743. The molecule has 0 aromatic heterocycles. The van der Waals surface area contributed by atoms with E-state index in [2.05, 4.69) is 25.0 Å². The minimum absolute atomic E-state index is 0.944. The third kappa shape index (κ3) is 9.91. The van der Waals surface area contributed by atoms with E-state index < -0.39 is 0 Å². The van der Waals surface area contributed by atoms with Gasteiger partial charge in [0.1, 0.15) is 0 Å². The lowest BCUT2D eigenvalue weighted by Gasteiger charge is -1.94. The molecule has 0 aliphatic rings. The summed E-state index contributed by atoms with van der Waals surface area (Å²) in [7, 11) is 0. The van der Waals surface area contributed by atoms with E-state index in [4.69, 9.17) is 0 Å². The Balaban J connectivity index is 2.96. The Labute approximate surface area is 81.5 Å². The first-order valence-electron chi connectivity index (χ1n) is 4.65. The molecule has 0 bridgehead atoms. The van der Waals surface area contributed by atoms with Crippen LogP contribution in [0.15, 0.2) is 0 Å². The van der Waals surface area contributed by atoms with Crippen LogP contribution in [0, 0.1) is 18.8 Å². The van der Waals surface area contributed by atoms with Crippen molar-refractivity contribution in [3.05, 3.63) is 6.92 Å². The molecule has 0 spiro atoms. The van der Waals surface area contributed by atoms with Crippen molar-refractivity contribution in [2.75, 3.05) is 12.0 Å². The quantitative estimate of drug-likeness (QED) is 0.448. The topological polar surface area (TPSA) is 0 Å². The normalized spacial score (nSPS) is 9.17. The van der Waals surface area contributed by atoms with Gasteiger partial charge in [-0.15, -0.1) is 11.8 Å². The van der Waals surface area contributed by atoms with Crippen molar-refractivity contribution in [3.63, 3.8) is 0 Å². The van der Waals surface area contributed by atoms with Crippen molar-refractivity contribution >= 4 is 11.8 Å². The fourth-order valence-corrected chi connectivity index (χ4v) is 1.39. The summed E-state index contributed by atoms with van der Waals surface area (Å²) in [4.78, 5) is 0. The van der Waals surface area contributed by atoms with Gasteiger partial charge in [0.2, 0.25) is 0 Å². The van der Waals surface area contributed by atoms with Crippen LogP contribution >= 0.6 is 11.8 Å². The van der Waals surface area contributed by atoms with E-state index in [-0.39, 0.29) is 0 Å². The van der Waals surface area contributed by atoms with E-state index in [1.165, 1.54) is 25.0 Å². The number of hydrogen-bond donors (Lipinski definition) is 0. The van der Waals surface area contributed by atoms with Gasteiger partial charge < -0.3 is 0 Å². The fourth-order valence-electron chi connectivity index (χ4n) is 0.902. The van der Waals surface area contributed by atoms with Crippen LogP contribution in [0.4, 0.5) is 0 Å². The molecule has 0 heterocycles. The summed E-state index contributed by atoms with van der Waals surface area (Å²) in [5.41, 5.74) is 0. The van der Waals surface area contributed by atoms with Gasteiger partial charge in [0.15, 0.2) is 0 Å². The molecule has 0 amide bonds. The summed E-state index contributed by atoms with van der Waals surface area (Å²) in [5.74, 6) is 7.57. The summed E-state index contributed by atoms with van der Waals surface area (Å²) in [6.07, 6.45) is 9.09. The number of hydrogen-bond acceptors (Lipinski definition) is 1. The summed E-state index contributed by atoms with van der Waals surface area (Å²) in [6.45, 7) is 3.74. The van der Waals surface area contributed by atoms with Gasteiger partial charge in [-0.2, -0.15) is 11.8 Å². The van der Waals surface area contributed by atoms with Crippen LogP contribution in [0.1, 0.15) is 38.5 Å². The minimum Gasteiger partial charge on any atom is -0.165 e. The van der Waals surface area contributed by atoms with Crippen LogP contribution in [0.5, 0.6) is 0 Å². The lowest BCUT2D eigenvalue weighted by Crippen LogP contribution is -1.79. The molecule has 0 saturated carbocycles. The maximum absolute atomic E-state index is 3.74. The van der Waals surface area contributed by atoms with Crippen molar-refractivity contribution in [3.8, 4) is 11.8 Å². The van der Waals surface area contributed by atoms with Crippen LogP contribution in [-0.4, -0.2) is 12.0 Å². The summed E-state index contributed by atoms with van der Waals surface area (Å²) >= 11 is 1.93. The van der Waals surface area contributed by atoms with Crippen LogP contribution in [0.3, 0.4) is 0 Å². The molecule has 12 heavy (non-hydrogen) atoms. The van der Waals surface area contributed by atoms with E-state index in [0.717, 1.165) is 19.3 Å². The Morgan fingerprint density at radius 2 is 1.83 bits per heavy atom. The van der Waals surface area contributed by atoms with Crippen molar-refractivity contribution < 1.29 is 0 Å². The van der Waals surface area contributed by atoms with Gasteiger partial charge in [-0.25, -0.2) is 0 Å². The minimum atomic E-state index is 0.944. The van der Waals surface area contributed by atoms with Crippen molar-refractivity contribution in [2.45, 2.75) is 38.5 Å². The molecule has 1 radical (unpaired) electrons. The first kappa shape index (κ1) is 11.9. The fraction of sp³-hybridized carbons (Fsp3) is 0.727. The van der Waals surface area contributed by atoms with Gasteiger partial charge in [-0.3, -0.25) is 0 Å². The Hall–Kier alpha value is -0.0900. The largest absolute Gasteiger partial charge is 0.165 e. The van der Waals surface area contributed by atoms with E-state index in [1.807, 2.05) is 11.8 Å². The molecule has 0 nitrogen and oxygen atoms in total. The Morgan fingerprint density at radius 1 is 1.08 bits per heavy atom. The molecule has 0 aliphatic heterocycles. The van der Waals surface area contributed by atoms with Crippen LogP contribution in [0.25, 0.3) is 0 Å². The zero-order valence-electron chi connectivity index (χ0n) is 8.07. The second-order valence-corrected chi connectivity index (χ2v) is 3.75. The van der Waals surface area contributed by atoms with E-state index >= 15 is 0 Å². The van der Waals surface area contributed by atoms with Crippen molar-refractivity contribution in [1.29, 1.82) is 0 Å². The average Bonchev–Trinajstić information content (AvgIpc) is 2.10. The molecule has 0 unspecified atom stereocenters. The molecule has 69 valence electrons. The summed E-state index contributed by atoms with van der Waals surface area (Å²) < 4.78 is 0. The van der Waals surface area contributed by atoms with Crippen molar-refractivity contribution in [1.82, 2.24) is 0 Å². The third-order valence-electron chi connectivity index (χ3n) is 1.58. The first-order chi connectivity index (χ1) is 5.91. The summed E-state index contributed by atoms with van der Waals surface area (Å²) in [6, 6.07) is 0. The van der Waals surface area contributed by atoms with Crippen LogP contribution < -0.4 is 0 Å². The first-order valence-corrected chi connectivity index (χ1v) is 6.05. The molecule has 0 fully saturated rings. The Morgan fingerprint density at radius 3 is 2.50 bits per heavy atom. The molecule has 0 N–H and O–H groups in total. The highest BCUT2D eigenvalue weighted by Crippen LogP contribution is 2.03. The van der Waals surface area contributed by atoms with Gasteiger partial charge in [0.05, 0.1) is 0 Å². The zero-order valence-corrected chi connectivity index (χ0v) is 8.88. The lowest BCUT2D eigenvalue weighted by atomic mass is 10.2. The summed E-state index contributed by atoms with van der Waals surface area (Å²) in [5, 5.41) is 0. The van der Waals surface area contributed by atoms with E-state index in [0.29, 0.717) is 0 Å². The highest BCUT2D eigenvalue weighted by molar-refractivity contribution is 7.98. The van der Waals surface area contributed by atoms with Crippen molar-refractivity contribution in [2.24, 2.45) is 0 Å². The molecule has 0 saturated heterocycles. The molecular weight excluding hydrogens is 164 g/mol. The second kappa shape index (κ2) is 10.9. The zero-order chi connectivity index (χ0) is 9.07. The standard InChI is InChI=1S/C11H19S/c1-3-4-5-6-7-8-9-10-11-12-2/h1,3-4,7-11H2,2H3.